The second-order valence-electron chi connectivity index (χ2n) is 2.64. The Morgan fingerprint density at radius 2 is 1.75 bits per heavy atom. The van der Waals surface area contributed by atoms with Crippen molar-refractivity contribution in [2.75, 3.05) is 0 Å². The SMILES string of the molecule is N[C@@H](CC(F)F)c1ccccc1. The average Bonchev–Trinajstić information content (AvgIpc) is 2.05. The van der Waals surface area contributed by atoms with Crippen LogP contribution in [0.25, 0.3) is 0 Å². The van der Waals surface area contributed by atoms with Crippen molar-refractivity contribution in [1.82, 2.24) is 0 Å². The summed E-state index contributed by atoms with van der Waals surface area (Å²) in [7, 11) is 0. The molecule has 0 radical (unpaired) electrons. The fraction of sp³-hybridized carbons (Fsp3) is 0.333. The molecule has 1 rings (SSSR count). The molecule has 66 valence electrons. The fourth-order valence-corrected chi connectivity index (χ4v) is 1.03. The van der Waals surface area contributed by atoms with Crippen LogP contribution in [0.4, 0.5) is 8.78 Å². The Kier molecular flexibility index (Phi) is 3.17. The maximum Gasteiger partial charge on any atom is 0.240 e. The molecular weight excluding hydrogens is 160 g/mol. The van der Waals surface area contributed by atoms with Crippen molar-refractivity contribution >= 4 is 0 Å². The molecular formula is C9H11F2N. The van der Waals surface area contributed by atoms with E-state index in [0.29, 0.717) is 0 Å². The zero-order valence-electron chi connectivity index (χ0n) is 6.58. The molecule has 12 heavy (non-hydrogen) atoms. The average molecular weight is 171 g/mol. The summed E-state index contributed by atoms with van der Waals surface area (Å²) in [4.78, 5) is 0. The summed E-state index contributed by atoms with van der Waals surface area (Å²) in [5, 5.41) is 0. The summed E-state index contributed by atoms with van der Waals surface area (Å²) in [5.74, 6) is 0. The molecule has 0 fully saturated rings. The van der Waals surface area contributed by atoms with Crippen molar-refractivity contribution in [3.8, 4) is 0 Å². The number of alkyl halides is 2. The van der Waals surface area contributed by atoms with Gasteiger partial charge in [0.05, 0.1) is 0 Å². The molecule has 0 bridgehead atoms. The summed E-state index contributed by atoms with van der Waals surface area (Å²) >= 11 is 0. The maximum atomic E-state index is 11.9. The number of halogens is 2. The molecule has 1 aromatic rings. The van der Waals surface area contributed by atoms with E-state index >= 15 is 0 Å². The van der Waals surface area contributed by atoms with Crippen LogP contribution >= 0.6 is 0 Å². The molecule has 0 unspecified atom stereocenters. The topological polar surface area (TPSA) is 26.0 Å². The largest absolute Gasteiger partial charge is 0.324 e. The first-order valence-corrected chi connectivity index (χ1v) is 3.79. The van der Waals surface area contributed by atoms with E-state index in [2.05, 4.69) is 0 Å². The van der Waals surface area contributed by atoms with Crippen LogP contribution in [0.3, 0.4) is 0 Å². The molecule has 0 aromatic heterocycles. The van der Waals surface area contributed by atoms with E-state index in [1.807, 2.05) is 6.07 Å². The Morgan fingerprint density at radius 1 is 1.17 bits per heavy atom. The molecule has 0 amide bonds. The van der Waals surface area contributed by atoms with E-state index in [-0.39, 0.29) is 6.42 Å². The van der Waals surface area contributed by atoms with Gasteiger partial charge in [0.2, 0.25) is 6.43 Å². The van der Waals surface area contributed by atoms with Crippen LogP contribution in [0, 0.1) is 0 Å². The standard InChI is InChI=1S/C9H11F2N/c10-9(11)6-8(12)7-4-2-1-3-5-7/h1-5,8-9H,6,12H2/t8-/m0/s1. The lowest BCUT2D eigenvalue weighted by atomic mass is 10.1. The lowest BCUT2D eigenvalue weighted by Gasteiger charge is -2.10. The highest BCUT2D eigenvalue weighted by Crippen LogP contribution is 2.16. The van der Waals surface area contributed by atoms with Crippen molar-refractivity contribution in [2.45, 2.75) is 18.9 Å². The first-order valence-electron chi connectivity index (χ1n) is 3.79. The Morgan fingerprint density at radius 3 is 2.25 bits per heavy atom. The van der Waals surface area contributed by atoms with Crippen molar-refractivity contribution in [1.29, 1.82) is 0 Å². The molecule has 2 N–H and O–H groups in total. The van der Waals surface area contributed by atoms with Crippen molar-refractivity contribution < 1.29 is 8.78 Å². The molecule has 0 aliphatic heterocycles. The monoisotopic (exact) mass is 171 g/mol. The van der Waals surface area contributed by atoms with E-state index in [1.54, 1.807) is 24.3 Å². The molecule has 1 aromatic carbocycles. The molecule has 0 aliphatic rings. The van der Waals surface area contributed by atoms with Crippen LogP contribution in [-0.2, 0) is 0 Å². The van der Waals surface area contributed by atoms with Crippen molar-refractivity contribution in [3.05, 3.63) is 35.9 Å². The number of rotatable bonds is 3. The molecule has 3 heteroatoms. The van der Waals surface area contributed by atoms with Crippen LogP contribution in [0.5, 0.6) is 0 Å². The van der Waals surface area contributed by atoms with Gasteiger partial charge in [0.25, 0.3) is 0 Å². The molecule has 1 nitrogen and oxygen atoms in total. The van der Waals surface area contributed by atoms with Crippen LogP contribution < -0.4 is 5.73 Å². The Labute approximate surface area is 70.2 Å². The van der Waals surface area contributed by atoms with Gasteiger partial charge in [0.1, 0.15) is 0 Å². The van der Waals surface area contributed by atoms with E-state index in [4.69, 9.17) is 5.73 Å². The summed E-state index contributed by atoms with van der Waals surface area (Å²) < 4.78 is 23.8. The third-order valence-corrected chi connectivity index (χ3v) is 1.66. The summed E-state index contributed by atoms with van der Waals surface area (Å²) in [6, 6.07) is 8.38. The van der Waals surface area contributed by atoms with Crippen LogP contribution in [0.2, 0.25) is 0 Å². The Hall–Kier alpha value is -0.960. The maximum absolute atomic E-state index is 11.9. The number of hydrogen-bond donors (Lipinski definition) is 1. The quantitative estimate of drug-likeness (QED) is 0.742. The van der Waals surface area contributed by atoms with E-state index in [0.717, 1.165) is 5.56 Å². The van der Waals surface area contributed by atoms with Gasteiger partial charge in [-0.1, -0.05) is 30.3 Å². The summed E-state index contributed by atoms with van der Waals surface area (Å²) in [6.45, 7) is 0. The normalized spacial score (nSPS) is 13.3. The number of nitrogens with two attached hydrogens (primary N) is 1. The zero-order chi connectivity index (χ0) is 8.97. The van der Waals surface area contributed by atoms with Gasteiger partial charge >= 0.3 is 0 Å². The lowest BCUT2D eigenvalue weighted by Crippen LogP contribution is -2.13. The van der Waals surface area contributed by atoms with E-state index < -0.39 is 12.5 Å². The third-order valence-electron chi connectivity index (χ3n) is 1.66. The van der Waals surface area contributed by atoms with Gasteiger partial charge < -0.3 is 5.73 Å². The Balaban J connectivity index is 2.59. The lowest BCUT2D eigenvalue weighted by molar-refractivity contribution is 0.128. The zero-order valence-corrected chi connectivity index (χ0v) is 6.58. The van der Waals surface area contributed by atoms with Crippen LogP contribution in [0.1, 0.15) is 18.0 Å². The minimum atomic E-state index is -2.33. The van der Waals surface area contributed by atoms with Gasteiger partial charge in [-0.3, -0.25) is 0 Å². The second kappa shape index (κ2) is 4.16. The van der Waals surface area contributed by atoms with Gasteiger partial charge in [-0.15, -0.1) is 0 Å². The second-order valence-corrected chi connectivity index (χ2v) is 2.64. The first-order chi connectivity index (χ1) is 5.70. The highest BCUT2D eigenvalue weighted by Gasteiger charge is 2.11. The third kappa shape index (κ3) is 2.58. The first kappa shape index (κ1) is 9.13. The molecule has 0 saturated carbocycles. The molecule has 0 saturated heterocycles. The molecule has 0 aliphatic carbocycles. The number of benzene rings is 1. The predicted molar refractivity (Wildman–Crippen MR) is 44.0 cm³/mol. The van der Waals surface area contributed by atoms with Gasteiger partial charge in [0, 0.05) is 12.5 Å². The van der Waals surface area contributed by atoms with Gasteiger partial charge in [-0.25, -0.2) is 8.78 Å². The highest BCUT2D eigenvalue weighted by atomic mass is 19.3. The number of hydrogen-bond acceptors (Lipinski definition) is 1. The fourth-order valence-electron chi connectivity index (χ4n) is 1.03. The van der Waals surface area contributed by atoms with E-state index in [9.17, 15) is 8.78 Å². The van der Waals surface area contributed by atoms with Crippen LogP contribution in [0.15, 0.2) is 30.3 Å². The predicted octanol–water partition coefficient (Wildman–Crippen LogP) is 2.34. The van der Waals surface area contributed by atoms with Crippen LogP contribution in [-0.4, -0.2) is 6.43 Å². The van der Waals surface area contributed by atoms with Crippen molar-refractivity contribution in [2.24, 2.45) is 5.73 Å². The highest BCUT2D eigenvalue weighted by molar-refractivity contribution is 5.18. The van der Waals surface area contributed by atoms with Crippen molar-refractivity contribution in [3.63, 3.8) is 0 Å². The Bertz CT molecular complexity index is 223. The molecule has 0 spiro atoms. The van der Waals surface area contributed by atoms with Gasteiger partial charge in [-0.2, -0.15) is 0 Å². The van der Waals surface area contributed by atoms with Gasteiger partial charge in [-0.05, 0) is 5.56 Å². The molecule has 0 heterocycles. The van der Waals surface area contributed by atoms with Gasteiger partial charge in [0.15, 0.2) is 0 Å². The smallest absolute Gasteiger partial charge is 0.240 e. The summed E-state index contributed by atoms with van der Waals surface area (Å²) in [5.41, 5.74) is 6.28. The van der Waals surface area contributed by atoms with E-state index in [1.165, 1.54) is 0 Å². The molecule has 1 atom stereocenters. The minimum Gasteiger partial charge on any atom is -0.324 e. The minimum absolute atomic E-state index is 0.274. The summed E-state index contributed by atoms with van der Waals surface area (Å²) in [6.07, 6.45) is -2.61.